The zero-order chi connectivity index (χ0) is 25.2. The molecule has 182 valence electrons. The Hall–Kier alpha value is -3.22. The first kappa shape index (κ1) is 28.8. The number of nitrogens with one attached hydrogen (secondary N) is 3. The second-order valence-electron chi connectivity index (χ2n) is 8.19. The van der Waals surface area contributed by atoms with Gasteiger partial charge in [-0.15, -0.1) is 0 Å². The summed E-state index contributed by atoms with van der Waals surface area (Å²) in [5, 5.41) is 24.6. The van der Waals surface area contributed by atoms with Crippen LogP contribution in [0.5, 0.6) is 0 Å². The number of hydrogen-bond donors (Lipinski definition) is 7. The molecule has 9 N–H and O–H groups in total. The molecule has 0 aliphatic rings. The summed E-state index contributed by atoms with van der Waals surface area (Å²) in [5.74, 6) is -6.81. The van der Waals surface area contributed by atoms with E-state index in [1.54, 1.807) is 27.7 Å². The largest absolute Gasteiger partial charge is 0.481 e. The van der Waals surface area contributed by atoms with Crippen molar-refractivity contribution >= 4 is 35.6 Å². The monoisotopic (exact) mass is 459 g/mol. The number of aliphatic carboxylic acids is 2. The van der Waals surface area contributed by atoms with Crippen LogP contribution in [0, 0.1) is 11.8 Å². The standard InChI is InChI=1S/C19H33N5O8/c1-8(2)5-10(23-18(30)15(21)9(3)4)16(28)22-11(6-13(20)25)17(29)24-12(19(31)32)7-14(26)27/h8-12,15H,5-7,21H2,1-4H3,(H2,20,25)(H,22,28)(H,23,30)(H,24,29)(H,26,27)(H,31,32). The minimum atomic E-state index is -1.79. The van der Waals surface area contributed by atoms with Gasteiger partial charge in [0.05, 0.1) is 18.9 Å². The van der Waals surface area contributed by atoms with Crippen molar-refractivity contribution in [2.45, 2.75) is 71.1 Å². The SMILES string of the molecule is CC(C)CC(NC(=O)C(N)C(C)C)C(=O)NC(CC(N)=O)C(=O)NC(CC(=O)O)C(=O)O. The Morgan fingerprint density at radius 3 is 1.62 bits per heavy atom. The molecular formula is C19H33N5O8. The fourth-order valence-corrected chi connectivity index (χ4v) is 2.60. The quantitative estimate of drug-likeness (QED) is 0.151. The van der Waals surface area contributed by atoms with Crippen LogP contribution < -0.4 is 27.4 Å². The lowest BCUT2D eigenvalue weighted by Gasteiger charge is -2.26. The molecule has 4 amide bonds. The molecule has 0 aliphatic carbocycles. The van der Waals surface area contributed by atoms with Gasteiger partial charge in [-0.25, -0.2) is 4.79 Å². The summed E-state index contributed by atoms with van der Waals surface area (Å²) in [6.07, 6.45) is -1.41. The predicted molar refractivity (Wildman–Crippen MR) is 112 cm³/mol. The van der Waals surface area contributed by atoms with Gasteiger partial charge in [-0.05, 0) is 18.3 Å². The number of primary amides is 1. The van der Waals surface area contributed by atoms with E-state index in [0.717, 1.165) is 0 Å². The Kier molecular flexibility index (Phi) is 11.9. The second kappa shape index (κ2) is 13.2. The highest BCUT2D eigenvalue weighted by Crippen LogP contribution is 2.08. The molecule has 0 heterocycles. The highest BCUT2D eigenvalue weighted by atomic mass is 16.4. The number of carboxylic acids is 2. The molecule has 32 heavy (non-hydrogen) atoms. The lowest BCUT2D eigenvalue weighted by molar-refractivity contribution is -0.147. The van der Waals surface area contributed by atoms with Crippen molar-refractivity contribution in [1.29, 1.82) is 0 Å². The first-order valence-electron chi connectivity index (χ1n) is 10.0. The highest BCUT2D eigenvalue weighted by Gasteiger charge is 2.32. The third kappa shape index (κ3) is 10.7. The molecule has 0 rings (SSSR count). The lowest BCUT2D eigenvalue weighted by atomic mass is 10.00. The van der Waals surface area contributed by atoms with Gasteiger partial charge in [0, 0.05) is 0 Å². The van der Waals surface area contributed by atoms with Crippen molar-refractivity contribution in [2.24, 2.45) is 23.3 Å². The molecule has 0 radical (unpaired) electrons. The summed E-state index contributed by atoms with van der Waals surface area (Å²) < 4.78 is 0. The van der Waals surface area contributed by atoms with E-state index < -0.39 is 72.6 Å². The van der Waals surface area contributed by atoms with Crippen LogP contribution in [0.2, 0.25) is 0 Å². The molecule has 4 unspecified atom stereocenters. The Balaban J connectivity index is 5.56. The maximum Gasteiger partial charge on any atom is 0.326 e. The topological polar surface area (TPSA) is 231 Å². The molecule has 0 aromatic heterocycles. The van der Waals surface area contributed by atoms with Gasteiger partial charge in [0.15, 0.2) is 0 Å². The summed E-state index contributed by atoms with van der Waals surface area (Å²) in [7, 11) is 0. The number of amides is 4. The number of nitrogens with two attached hydrogens (primary N) is 2. The van der Waals surface area contributed by atoms with Crippen molar-refractivity contribution in [3.8, 4) is 0 Å². The van der Waals surface area contributed by atoms with Gasteiger partial charge in [-0.3, -0.25) is 24.0 Å². The molecule has 4 atom stereocenters. The number of carbonyl (C=O) groups excluding carboxylic acids is 4. The van der Waals surface area contributed by atoms with Crippen molar-refractivity contribution in [3.63, 3.8) is 0 Å². The molecule has 13 nitrogen and oxygen atoms in total. The molecule has 0 aromatic rings. The molecule has 0 aromatic carbocycles. The van der Waals surface area contributed by atoms with E-state index in [1.165, 1.54) is 0 Å². The predicted octanol–water partition coefficient (Wildman–Crippen LogP) is -2.10. The van der Waals surface area contributed by atoms with Crippen LogP contribution in [0.1, 0.15) is 47.0 Å². The average molecular weight is 460 g/mol. The molecule has 13 heteroatoms. The van der Waals surface area contributed by atoms with Gasteiger partial charge >= 0.3 is 11.9 Å². The Bertz CT molecular complexity index is 725. The molecule has 0 spiro atoms. The van der Waals surface area contributed by atoms with E-state index in [-0.39, 0.29) is 18.3 Å². The smallest absolute Gasteiger partial charge is 0.326 e. The minimum Gasteiger partial charge on any atom is -0.481 e. The van der Waals surface area contributed by atoms with Crippen molar-refractivity contribution in [1.82, 2.24) is 16.0 Å². The van der Waals surface area contributed by atoms with Crippen LogP contribution in [-0.2, 0) is 28.8 Å². The zero-order valence-corrected chi connectivity index (χ0v) is 18.6. The minimum absolute atomic E-state index is 0.0447. The summed E-state index contributed by atoms with van der Waals surface area (Å²) in [6.45, 7) is 7.05. The highest BCUT2D eigenvalue weighted by molar-refractivity contribution is 5.96. The van der Waals surface area contributed by atoms with Crippen molar-refractivity contribution in [3.05, 3.63) is 0 Å². The van der Waals surface area contributed by atoms with Crippen LogP contribution in [-0.4, -0.2) is 69.9 Å². The normalized spacial score (nSPS) is 14.7. The third-order valence-electron chi connectivity index (χ3n) is 4.39. The average Bonchev–Trinajstić information content (AvgIpc) is 2.64. The Morgan fingerprint density at radius 1 is 0.750 bits per heavy atom. The fourth-order valence-electron chi connectivity index (χ4n) is 2.60. The van der Waals surface area contributed by atoms with Crippen LogP contribution >= 0.6 is 0 Å². The second-order valence-corrected chi connectivity index (χ2v) is 8.19. The molecule has 0 bridgehead atoms. The number of hydrogen-bond acceptors (Lipinski definition) is 7. The van der Waals surface area contributed by atoms with Crippen molar-refractivity contribution in [2.75, 3.05) is 0 Å². The van der Waals surface area contributed by atoms with Gasteiger partial charge in [0.2, 0.25) is 23.6 Å². The Labute approximate surface area is 185 Å². The van der Waals surface area contributed by atoms with Crippen LogP contribution in [0.25, 0.3) is 0 Å². The molecule has 0 fully saturated rings. The van der Waals surface area contributed by atoms with E-state index in [0.29, 0.717) is 0 Å². The zero-order valence-electron chi connectivity index (χ0n) is 18.6. The molecule has 0 saturated carbocycles. The lowest BCUT2D eigenvalue weighted by Crippen LogP contribution is -2.58. The maximum atomic E-state index is 12.8. The number of carbonyl (C=O) groups is 6. The van der Waals surface area contributed by atoms with E-state index in [9.17, 15) is 28.8 Å². The van der Waals surface area contributed by atoms with Gasteiger partial charge in [-0.2, -0.15) is 0 Å². The number of carboxylic acid groups (broad SMARTS) is 2. The summed E-state index contributed by atoms with van der Waals surface area (Å²) in [4.78, 5) is 71.0. The van der Waals surface area contributed by atoms with Crippen LogP contribution in [0.4, 0.5) is 0 Å². The fraction of sp³-hybridized carbons (Fsp3) is 0.684. The van der Waals surface area contributed by atoms with E-state index in [2.05, 4.69) is 10.6 Å². The molecule has 0 aliphatic heterocycles. The van der Waals surface area contributed by atoms with Gasteiger partial charge < -0.3 is 37.6 Å². The van der Waals surface area contributed by atoms with Crippen molar-refractivity contribution < 1.29 is 39.0 Å². The number of rotatable bonds is 14. The van der Waals surface area contributed by atoms with Gasteiger partial charge in [-0.1, -0.05) is 27.7 Å². The summed E-state index contributed by atoms with van der Waals surface area (Å²) in [6, 6.07) is -5.34. The van der Waals surface area contributed by atoms with E-state index >= 15 is 0 Å². The molecule has 0 saturated heterocycles. The van der Waals surface area contributed by atoms with E-state index in [4.69, 9.17) is 21.7 Å². The van der Waals surface area contributed by atoms with Gasteiger partial charge in [0.25, 0.3) is 0 Å². The van der Waals surface area contributed by atoms with Crippen LogP contribution in [0.15, 0.2) is 0 Å². The van der Waals surface area contributed by atoms with Gasteiger partial charge in [0.1, 0.15) is 18.1 Å². The summed E-state index contributed by atoms with van der Waals surface area (Å²) >= 11 is 0. The third-order valence-corrected chi connectivity index (χ3v) is 4.39. The molecular weight excluding hydrogens is 426 g/mol. The summed E-state index contributed by atoms with van der Waals surface area (Å²) in [5.41, 5.74) is 10.9. The maximum absolute atomic E-state index is 12.8. The first-order valence-corrected chi connectivity index (χ1v) is 10.0. The Morgan fingerprint density at radius 2 is 1.22 bits per heavy atom. The first-order chi connectivity index (χ1) is 14.6. The van der Waals surface area contributed by atoms with E-state index in [1.807, 2.05) is 5.32 Å². The van der Waals surface area contributed by atoms with Crippen LogP contribution in [0.3, 0.4) is 0 Å².